The fourth-order valence-corrected chi connectivity index (χ4v) is 7.60. The van der Waals surface area contributed by atoms with Crippen molar-refractivity contribution >= 4 is 33.6 Å². The summed E-state index contributed by atoms with van der Waals surface area (Å²) in [4.78, 5) is 20.1. The molecule has 1 saturated heterocycles. The molecular weight excluding hydrogens is 571 g/mol. The van der Waals surface area contributed by atoms with Gasteiger partial charge < -0.3 is 9.57 Å². The lowest BCUT2D eigenvalue weighted by atomic mass is 9.84. The number of ether oxygens (including phenoxy) is 1. The van der Waals surface area contributed by atoms with E-state index >= 15 is 0 Å². The van der Waals surface area contributed by atoms with Gasteiger partial charge in [-0.3, -0.25) is 4.90 Å². The summed E-state index contributed by atoms with van der Waals surface area (Å²) in [7, 11) is -2.10. The Labute approximate surface area is 252 Å². The van der Waals surface area contributed by atoms with Gasteiger partial charge in [-0.15, -0.1) is 11.8 Å². The van der Waals surface area contributed by atoms with Gasteiger partial charge in [0.2, 0.25) is 10.0 Å². The summed E-state index contributed by atoms with van der Waals surface area (Å²) in [6.07, 6.45) is 1.51. The first-order valence-corrected chi connectivity index (χ1v) is 16.3. The molecule has 0 aliphatic carbocycles. The van der Waals surface area contributed by atoms with E-state index in [1.165, 1.54) is 13.2 Å². The number of nitrogens with zero attached hydrogens (tertiary/aromatic N) is 2. The zero-order chi connectivity index (χ0) is 30.0. The Hall–Kier alpha value is -3.60. The summed E-state index contributed by atoms with van der Waals surface area (Å²) < 4.78 is 32.0. The third-order valence-corrected chi connectivity index (χ3v) is 10.2. The van der Waals surface area contributed by atoms with Crippen LogP contribution in [0.25, 0.3) is 0 Å². The van der Waals surface area contributed by atoms with Crippen LogP contribution in [0.3, 0.4) is 0 Å². The second kappa shape index (κ2) is 14.5. The lowest BCUT2D eigenvalue weighted by Gasteiger charge is -2.37. The average Bonchev–Trinajstić information content (AvgIpc) is 3.45. The third kappa shape index (κ3) is 7.24. The molecule has 42 heavy (non-hydrogen) atoms. The molecule has 1 N–H and O–H groups in total. The molecule has 0 saturated carbocycles. The van der Waals surface area contributed by atoms with E-state index < -0.39 is 26.9 Å². The van der Waals surface area contributed by atoms with Gasteiger partial charge in [0.25, 0.3) is 0 Å². The Balaban J connectivity index is 1.78. The summed E-state index contributed by atoms with van der Waals surface area (Å²) >= 11 is 1.77. The number of amides is 1. The highest BCUT2D eigenvalue weighted by Crippen LogP contribution is 2.52. The molecule has 10 heteroatoms. The van der Waals surface area contributed by atoms with Crippen LogP contribution in [-0.2, 0) is 24.3 Å². The molecule has 0 radical (unpaired) electrons. The SMILES string of the molecule is C=CCOC(=O)N1C[C@@H](SC(c2ccccc2)(c2ccccc2)c2ccccc2)C[C@H]1/C(CNS(=O)(=O)CC)=N/OC. The van der Waals surface area contributed by atoms with Gasteiger partial charge in [-0.05, 0) is 30.0 Å². The first-order chi connectivity index (χ1) is 20.3. The van der Waals surface area contributed by atoms with E-state index in [0.29, 0.717) is 18.7 Å². The molecule has 222 valence electrons. The molecule has 3 aromatic carbocycles. The van der Waals surface area contributed by atoms with Crippen LogP contribution in [0, 0.1) is 0 Å². The highest BCUT2D eigenvalue weighted by Gasteiger charge is 2.46. The number of carbonyl (C=O) groups is 1. The molecule has 1 amide bonds. The largest absolute Gasteiger partial charge is 0.445 e. The molecule has 2 atom stereocenters. The minimum Gasteiger partial charge on any atom is -0.445 e. The number of sulfonamides is 1. The topological polar surface area (TPSA) is 97.3 Å². The summed E-state index contributed by atoms with van der Waals surface area (Å²) in [5.41, 5.74) is 3.73. The van der Waals surface area contributed by atoms with Gasteiger partial charge in [-0.2, -0.15) is 0 Å². The van der Waals surface area contributed by atoms with E-state index in [1.54, 1.807) is 23.6 Å². The molecule has 8 nitrogen and oxygen atoms in total. The first-order valence-electron chi connectivity index (χ1n) is 13.8. The molecule has 0 spiro atoms. The zero-order valence-corrected chi connectivity index (χ0v) is 25.5. The maximum atomic E-state index is 13.3. The van der Waals surface area contributed by atoms with Crippen molar-refractivity contribution in [3.63, 3.8) is 0 Å². The van der Waals surface area contributed by atoms with Crippen LogP contribution in [0.5, 0.6) is 0 Å². The lowest BCUT2D eigenvalue weighted by Crippen LogP contribution is -2.45. The quantitative estimate of drug-likeness (QED) is 0.121. The summed E-state index contributed by atoms with van der Waals surface area (Å²) in [6, 6.07) is 30.5. The van der Waals surface area contributed by atoms with Gasteiger partial charge in [-0.25, -0.2) is 17.9 Å². The predicted octanol–water partition coefficient (Wildman–Crippen LogP) is 5.42. The number of thioether (sulfide) groups is 1. The van der Waals surface area contributed by atoms with Crippen LogP contribution < -0.4 is 4.72 Å². The standard InChI is InChI=1S/C32H37N3O5S2/c1-4-21-40-31(36)35-24-28(22-30(35)29(34-39-3)23-33-42(37,38)5-2)41-32(25-15-9-6-10-16-25,26-17-11-7-12-18-26)27-19-13-8-14-20-27/h4,6-20,28,30,33H,1,5,21-24H2,2-3H3/b34-29+/t28-,30-/m0/s1. The molecule has 1 fully saturated rings. The number of carbonyl (C=O) groups excluding carboxylic acids is 1. The number of likely N-dealkylation sites (tertiary alicyclic amines) is 1. The van der Waals surface area contributed by atoms with Crippen molar-refractivity contribution in [2.75, 3.05) is 32.6 Å². The number of hydrogen-bond acceptors (Lipinski definition) is 7. The van der Waals surface area contributed by atoms with Crippen LogP contribution >= 0.6 is 11.8 Å². The Morgan fingerprint density at radius 2 is 1.55 bits per heavy atom. The predicted molar refractivity (Wildman–Crippen MR) is 169 cm³/mol. The van der Waals surface area contributed by atoms with Crippen molar-refractivity contribution in [2.45, 2.75) is 29.4 Å². The Bertz CT molecular complexity index is 1350. The maximum Gasteiger partial charge on any atom is 0.410 e. The molecular formula is C32H37N3O5S2. The van der Waals surface area contributed by atoms with Crippen molar-refractivity contribution in [1.82, 2.24) is 9.62 Å². The summed E-state index contributed by atoms with van der Waals surface area (Å²) in [5, 5.41) is 4.10. The van der Waals surface area contributed by atoms with E-state index in [2.05, 4.69) is 52.9 Å². The molecule has 0 bridgehead atoms. The zero-order valence-electron chi connectivity index (χ0n) is 23.9. The minimum absolute atomic E-state index is 0.0566. The average molecular weight is 608 g/mol. The van der Waals surface area contributed by atoms with Crippen molar-refractivity contribution in [1.29, 1.82) is 0 Å². The Morgan fingerprint density at radius 1 is 1.02 bits per heavy atom. The van der Waals surface area contributed by atoms with Gasteiger partial charge >= 0.3 is 6.09 Å². The van der Waals surface area contributed by atoms with Gasteiger partial charge in [0.1, 0.15) is 13.7 Å². The molecule has 1 heterocycles. The van der Waals surface area contributed by atoms with Gasteiger partial charge in [0.05, 0.1) is 28.8 Å². The molecule has 3 aromatic rings. The second-order valence-corrected chi connectivity index (χ2v) is 13.4. The van der Waals surface area contributed by atoms with Crippen molar-refractivity contribution < 1.29 is 22.8 Å². The highest BCUT2D eigenvalue weighted by atomic mass is 32.2. The smallest absolute Gasteiger partial charge is 0.410 e. The Kier molecular flexibility index (Phi) is 10.8. The van der Waals surface area contributed by atoms with Crippen LogP contribution in [0.4, 0.5) is 4.79 Å². The number of hydrogen-bond donors (Lipinski definition) is 1. The van der Waals surface area contributed by atoms with Crippen molar-refractivity contribution in [3.8, 4) is 0 Å². The number of rotatable bonds is 13. The van der Waals surface area contributed by atoms with E-state index in [-0.39, 0.29) is 24.2 Å². The van der Waals surface area contributed by atoms with Crippen LogP contribution in [0.1, 0.15) is 30.0 Å². The van der Waals surface area contributed by atoms with Crippen LogP contribution in [0.2, 0.25) is 0 Å². The van der Waals surface area contributed by atoms with Gasteiger partial charge in [0, 0.05) is 11.8 Å². The normalized spacial score (nSPS) is 17.6. The van der Waals surface area contributed by atoms with Gasteiger partial charge in [-0.1, -0.05) is 109 Å². The van der Waals surface area contributed by atoms with E-state index in [0.717, 1.165) is 16.7 Å². The lowest BCUT2D eigenvalue weighted by molar-refractivity contribution is 0.115. The summed E-state index contributed by atoms with van der Waals surface area (Å²) in [5.74, 6) is -0.0742. The molecule has 0 unspecified atom stereocenters. The van der Waals surface area contributed by atoms with Crippen LogP contribution in [0.15, 0.2) is 109 Å². The van der Waals surface area contributed by atoms with E-state index in [4.69, 9.17) is 9.57 Å². The summed E-state index contributed by atoms with van der Waals surface area (Å²) in [6.45, 7) is 5.55. The highest BCUT2D eigenvalue weighted by molar-refractivity contribution is 8.01. The minimum atomic E-state index is -3.50. The number of benzene rings is 3. The van der Waals surface area contributed by atoms with Gasteiger partial charge in [0.15, 0.2) is 0 Å². The number of oxime groups is 1. The number of nitrogens with one attached hydrogen (secondary N) is 1. The fourth-order valence-electron chi connectivity index (χ4n) is 5.20. The Morgan fingerprint density at radius 3 is 2.00 bits per heavy atom. The molecule has 1 aliphatic rings. The molecule has 1 aliphatic heterocycles. The second-order valence-electron chi connectivity index (χ2n) is 9.78. The molecule has 4 rings (SSSR count). The van der Waals surface area contributed by atoms with E-state index in [1.807, 2.05) is 54.6 Å². The molecule has 0 aromatic heterocycles. The monoisotopic (exact) mass is 607 g/mol. The first kappa shape index (κ1) is 31.3. The van der Waals surface area contributed by atoms with E-state index in [9.17, 15) is 13.2 Å². The van der Waals surface area contributed by atoms with Crippen molar-refractivity contribution in [3.05, 3.63) is 120 Å². The third-order valence-electron chi connectivity index (χ3n) is 7.15. The van der Waals surface area contributed by atoms with Crippen LogP contribution in [-0.4, -0.2) is 69.0 Å². The fraction of sp³-hybridized carbons (Fsp3) is 0.312. The van der Waals surface area contributed by atoms with Crippen molar-refractivity contribution in [2.24, 2.45) is 5.16 Å². The maximum absolute atomic E-state index is 13.3.